The van der Waals surface area contributed by atoms with Gasteiger partial charge >= 0.3 is 0 Å². The van der Waals surface area contributed by atoms with Gasteiger partial charge in [-0.3, -0.25) is 0 Å². The second-order valence-corrected chi connectivity index (χ2v) is 5.40. The van der Waals surface area contributed by atoms with E-state index in [4.69, 9.17) is 0 Å². The fraction of sp³-hybridized carbons (Fsp3) is 1.00. The Morgan fingerprint density at radius 1 is 1.21 bits per heavy atom. The van der Waals surface area contributed by atoms with Gasteiger partial charge in [0.2, 0.25) is 0 Å². The summed E-state index contributed by atoms with van der Waals surface area (Å²) in [5.41, 5.74) is 0. The smallest absolute Gasteiger partial charge is 0.0588 e. The van der Waals surface area contributed by atoms with Crippen LogP contribution < -0.4 is 5.32 Å². The molecule has 0 aromatic heterocycles. The zero-order valence-corrected chi connectivity index (χ0v) is 9.37. The summed E-state index contributed by atoms with van der Waals surface area (Å²) in [6.07, 6.45) is 4.79. The minimum atomic E-state index is -0.0654. The fourth-order valence-corrected chi connectivity index (χ4v) is 3.54. The van der Waals surface area contributed by atoms with Crippen molar-refractivity contribution in [1.29, 1.82) is 0 Å². The number of nitrogens with one attached hydrogen (secondary N) is 1. The van der Waals surface area contributed by atoms with E-state index in [1.165, 1.54) is 19.3 Å². The maximum absolute atomic E-state index is 10.1. The van der Waals surface area contributed by atoms with Crippen LogP contribution in [0.2, 0.25) is 0 Å². The van der Waals surface area contributed by atoms with Crippen molar-refractivity contribution in [2.45, 2.75) is 51.7 Å². The number of hydrogen-bond donors (Lipinski definition) is 2. The second kappa shape index (κ2) is 4.19. The Hall–Kier alpha value is -0.0800. The molecule has 0 radical (unpaired) electrons. The van der Waals surface area contributed by atoms with Gasteiger partial charge in [0, 0.05) is 12.0 Å². The van der Waals surface area contributed by atoms with Crippen molar-refractivity contribution in [3.05, 3.63) is 0 Å². The van der Waals surface area contributed by atoms with E-state index in [2.05, 4.69) is 19.2 Å². The molecular formula is C12H23NO. The topological polar surface area (TPSA) is 32.3 Å². The number of aliphatic hydroxyl groups excluding tert-OH is 1. The molecule has 5 unspecified atom stereocenters. The van der Waals surface area contributed by atoms with Crippen molar-refractivity contribution in [2.24, 2.45) is 17.8 Å². The molecule has 2 nitrogen and oxygen atoms in total. The molecule has 5 atom stereocenters. The Balaban J connectivity index is 2.01. The van der Waals surface area contributed by atoms with Crippen LogP contribution in [-0.4, -0.2) is 23.8 Å². The summed E-state index contributed by atoms with van der Waals surface area (Å²) in [5, 5.41) is 13.7. The largest absolute Gasteiger partial charge is 0.393 e. The highest BCUT2D eigenvalue weighted by Crippen LogP contribution is 2.37. The van der Waals surface area contributed by atoms with Crippen molar-refractivity contribution in [1.82, 2.24) is 5.32 Å². The van der Waals surface area contributed by atoms with E-state index < -0.39 is 0 Å². The molecule has 1 saturated heterocycles. The molecule has 0 bridgehead atoms. The van der Waals surface area contributed by atoms with Crippen LogP contribution in [0, 0.1) is 17.8 Å². The number of rotatable bonds is 1. The Labute approximate surface area is 87.1 Å². The highest BCUT2D eigenvalue weighted by Gasteiger charge is 2.38. The minimum Gasteiger partial charge on any atom is -0.393 e. The molecule has 2 N–H and O–H groups in total. The normalized spacial score (nSPS) is 49.5. The number of aliphatic hydroxyl groups is 1. The molecule has 2 aliphatic rings. The molecule has 0 aromatic carbocycles. The van der Waals surface area contributed by atoms with Crippen LogP contribution in [0.5, 0.6) is 0 Å². The first kappa shape index (κ1) is 10.4. The average molecular weight is 197 g/mol. The molecule has 2 fully saturated rings. The molecule has 1 saturated carbocycles. The molecule has 1 aliphatic heterocycles. The lowest BCUT2D eigenvalue weighted by molar-refractivity contribution is 0.000127. The predicted molar refractivity (Wildman–Crippen MR) is 58.1 cm³/mol. The predicted octanol–water partition coefficient (Wildman–Crippen LogP) is 1.78. The van der Waals surface area contributed by atoms with Gasteiger partial charge < -0.3 is 10.4 Å². The molecule has 0 amide bonds. The van der Waals surface area contributed by atoms with Gasteiger partial charge in [0.1, 0.15) is 0 Å². The molecule has 0 aromatic rings. The Kier molecular flexibility index (Phi) is 3.13. The molecule has 2 heteroatoms. The van der Waals surface area contributed by atoms with E-state index >= 15 is 0 Å². The summed E-state index contributed by atoms with van der Waals surface area (Å²) in [7, 11) is 0. The van der Waals surface area contributed by atoms with Crippen molar-refractivity contribution in [2.75, 3.05) is 6.54 Å². The standard InChI is InChI=1S/C12H23NO/c1-8-6-9(2)12(11(14)7-8)10-4-3-5-13-10/h8-14H,3-7H2,1-2H3. The summed E-state index contributed by atoms with van der Waals surface area (Å²) in [6.45, 7) is 5.72. The monoisotopic (exact) mass is 197 g/mol. The Morgan fingerprint density at radius 2 is 2.00 bits per heavy atom. The van der Waals surface area contributed by atoms with Gasteiger partial charge in [-0.15, -0.1) is 0 Å². The van der Waals surface area contributed by atoms with Gasteiger partial charge in [-0.1, -0.05) is 13.8 Å². The van der Waals surface area contributed by atoms with Crippen molar-refractivity contribution in [3.63, 3.8) is 0 Å². The van der Waals surface area contributed by atoms with Gasteiger partial charge in [-0.2, -0.15) is 0 Å². The molecule has 1 heterocycles. The summed E-state index contributed by atoms with van der Waals surface area (Å²) >= 11 is 0. The first-order valence-corrected chi connectivity index (χ1v) is 6.10. The highest BCUT2D eigenvalue weighted by molar-refractivity contribution is 4.92. The summed E-state index contributed by atoms with van der Waals surface area (Å²) in [4.78, 5) is 0. The SMILES string of the molecule is CC1CC(C)C(C2CCCN2)C(O)C1. The fourth-order valence-electron chi connectivity index (χ4n) is 3.54. The Bertz CT molecular complexity index is 177. The molecule has 14 heavy (non-hydrogen) atoms. The van der Waals surface area contributed by atoms with Crippen molar-refractivity contribution in [3.8, 4) is 0 Å². The third-order valence-electron chi connectivity index (χ3n) is 4.08. The second-order valence-electron chi connectivity index (χ2n) is 5.40. The zero-order valence-electron chi connectivity index (χ0n) is 9.37. The first-order chi connectivity index (χ1) is 6.68. The van der Waals surface area contributed by atoms with Crippen LogP contribution in [0.4, 0.5) is 0 Å². The van der Waals surface area contributed by atoms with E-state index in [0.29, 0.717) is 23.8 Å². The van der Waals surface area contributed by atoms with Crippen LogP contribution in [-0.2, 0) is 0 Å². The first-order valence-electron chi connectivity index (χ1n) is 6.10. The molecular weight excluding hydrogens is 174 g/mol. The van der Waals surface area contributed by atoms with Gasteiger partial charge in [0.05, 0.1) is 6.10 Å². The minimum absolute atomic E-state index is 0.0654. The van der Waals surface area contributed by atoms with Crippen LogP contribution in [0.15, 0.2) is 0 Å². The summed E-state index contributed by atoms with van der Waals surface area (Å²) in [6, 6.07) is 0.590. The van der Waals surface area contributed by atoms with Crippen molar-refractivity contribution < 1.29 is 5.11 Å². The van der Waals surface area contributed by atoms with E-state index in [0.717, 1.165) is 13.0 Å². The quantitative estimate of drug-likeness (QED) is 0.671. The van der Waals surface area contributed by atoms with Crippen LogP contribution in [0.25, 0.3) is 0 Å². The van der Waals surface area contributed by atoms with Crippen LogP contribution >= 0.6 is 0 Å². The van der Waals surface area contributed by atoms with Gasteiger partial charge in [-0.25, -0.2) is 0 Å². The van der Waals surface area contributed by atoms with E-state index in [1.807, 2.05) is 0 Å². The molecule has 1 aliphatic carbocycles. The summed E-state index contributed by atoms with van der Waals surface area (Å²) < 4.78 is 0. The lowest BCUT2D eigenvalue weighted by Gasteiger charge is -2.40. The average Bonchev–Trinajstić information content (AvgIpc) is 2.54. The van der Waals surface area contributed by atoms with Crippen LogP contribution in [0.1, 0.15) is 39.5 Å². The molecule has 2 rings (SSSR count). The highest BCUT2D eigenvalue weighted by atomic mass is 16.3. The Morgan fingerprint density at radius 3 is 2.57 bits per heavy atom. The molecule has 82 valence electrons. The van der Waals surface area contributed by atoms with E-state index in [-0.39, 0.29) is 6.10 Å². The third-order valence-corrected chi connectivity index (χ3v) is 4.08. The van der Waals surface area contributed by atoms with E-state index in [9.17, 15) is 5.11 Å². The zero-order chi connectivity index (χ0) is 10.1. The number of hydrogen-bond acceptors (Lipinski definition) is 2. The summed E-state index contributed by atoms with van der Waals surface area (Å²) in [5.74, 6) is 1.90. The van der Waals surface area contributed by atoms with Crippen LogP contribution in [0.3, 0.4) is 0 Å². The third kappa shape index (κ3) is 1.96. The van der Waals surface area contributed by atoms with E-state index in [1.54, 1.807) is 0 Å². The lowest BCUT2D eigenvalue weighted by atomic mass is 9.70. The van der Waals surface area contributed by atoms with Gasteiger partial charge in [-0.05, 0) is 44.1 Å². The van der Waals surface area contributed by atoms with Crippen molar-refractivity contribution >= 4 is 0 Å². The van der Waals surface area contributed by atoms with Gasteiger partial charge in [0.25, 0.3) is 0 Å². The maximum atomic E-state index is 10.1. The van der Waals surface area contributed by atoms with Gasteiger partial charge in [0.15, 0.2) is 0 Å². The maximum Gasteiger partial charge on any atom is 0.0588 e. The lowest BCUT2D eigenvalue weighted by Crippen LogP contribution is -2.45. The molecule has 0 spiro atoms.